The summed E-state index contributed by atoms with van der Waals surface area (Å²) in [4.78, 5) is 33.1. The zero-order valence-electron chi connectivity index (χ0n) is 17.0. The molecular weight excluding hydrogens is 430 g/mol. The Kier molecular flexibility index (Phi) is 5.51. The van der Waals surface area contributed by atoms with Crippen LogP contribution in [0.15, 0.2) is 49.2 Å². The second-order valence-electron chi connectivity index (χ2n) is 7.48. The highest BCUT2D eigenvalue weighted by Gasteiger charge is 2.23. The molecule has 0 atom stereocenters. The van der Waals surface area contributed by atoms with E-state index in [1.807, 2.05) is 6.20 Å². The predicted molar refractivity (Wildman–Crippen MR) is 119 cm³/mol. The molecule has 0 bridgehead atoms. The lowest BCUT2D eigenvalue weighted by molar-refractivity contribution is 0.251. The molecule has 4 aromatic rings. The molecule has 0 aromatic carbocycles. The van der Waals surface area contributed by atoms with Gasteiger partial charge in [-0.05, 0) is 36.5 Å². The van der Waals surface area contributed by atoms with E-state index in [-0.39, 0.29) is 6.54 Å². The average Bonchev–Trinajstić information content (AvgIpc) is 3.56. The van der Waals surface area contributed by atoms with Crippen LogP contribution in [0.5, 0.6) is 0 Å². The van der Waals surface area contributed by atoms with Crippen LogP contribution in [0.3, 0.4) is 0 Å². The van der Waals surface area contributed by atoms with Crippen LogP contribution >= 0.6 is 11.6 Å². The van der Waals surface area contributed by atoms with E-state index in [0.717, 1.165) is 11.3 Å². The summed E-state index contributed by atoms with van der Waals surface area (Å²) in [6, 6.07) is 6.99. The van der Waals surface area contributed by atoms with Gasteiger partial charge in [0.1, 0.15) is 34.6 Å². The molecule has 1 saturated carbocycles. The van der Waals surface area contributed by atoms with Crippen LogP contribution in [0, 0.1) is 0 Å². The Labute approximate surface area is 188 Å². The number of amides is 2. The Hall–Kier alpha value is -3.79. The summed E-state index contributed by atoms with van der Waals surface area (Å²) in [6.45, 7) is 0.633. The lowest BCUT2D eigenvalue weighted by Crippen LogP contribution is -2.29. The van der Waals surface area contributed by atoms with Gasteiger partial charge >= 0.3 is 6.03 Å². The summed E-state index contributed by atoms with van der Waals surface area (Å²) in [6.07, 6.45) is 9.62. The third kappa shape index (κ3) is 4.92. The molecule has 1 aliphatic rings. The summed E-state index contributed by atoms with van der Waals surface area (Å²) in [5, 5.41) is 8.85. The lowest BCUT2D eigenvalue weighted by atomic mass is 10.2. The number of nitrogens with zero attached hydrogens (tertiary/aromatic N) is 6. The second kappa shape index (κ2) is 8.75. The molecule has 32 heavy (non-hydrogen) atoms. The second-order valence-corrected chi connectivity index (χ2v) is 7.87. The summed E-state index contributed by atoms with van der Waals surface area (Å²) in [7, 11) is 0. The van der Waals surface area contributed by atoms with Crippen molar-refractivity contribution in [3.05, 3.63) is 71.4 Å². The Morgan fingerprint density at radius 3 is 2.78 bits per heavy atom. The van der Waals surface area contributed by atoms with Gasteiger partial charge in [-0.1, -0.05) is 17.7 Å². The van der Waals surface area contributed by atoms with Crippen molar-refractivity contribution in [2.45, 2.75) is 31.8 Å². The fourth-order valence-electron chi connectivity index (χ4n) is 3.29. The van der Waals surface area contributed by atoms with E-state index in [9.17, 15) is 4.79 Å². The van der Waals surface area contributed by atoms with E-state index in [0.29, 0.717) is 35.1 Å². The number of urea groups is 1. The number of carbonyl (C=O) groups is 1. The number of fused-ring (bicyclic) bond motifs is 1. The summed E-state index contributed by atoms with van der Waals surface area (Å²) < 4.78 is 2.06. The highest BCUT2D eigenvalue weighted by atomic mass is 35.5. The maximum atomic E-state index is 12.1. The van der Waals surface area contributed by atoms with Gasteiger partial charge in [-0.2, -0.15) is 0 Å². The molecule has 1 aliphatic carbocycles. The number of anilines is 2. The van der Waals surface area contributed by atoms with Crippen molar-refractivity contribution in [2.24, 2.45) is 0 Å². The topological polar surface area (TPSA) is 122 Å². The smallest absolute Gasteiger partial charge is 0.320 e. The van der Waals surface area contributed by atoms with Gasteiger partial charge in [0.2, 0.25) is 0 Å². The van der Waals surface area contributed by atoms with Crippen LogP contribution in [-0.4, -0.2) is 35.4 Å². The number of pyridine rings is 1. The van der Waals surface area contributed by atoms with Crippen LogP contribution in [0.1, 0.15) is 35.8 Å². The average molecular weight is 450 g/mol. The zero-order chi connectivity index (χ0) is 21.9. The van der Waals surface area contributed by atoms with E-state index in [4.69, 9.17) is 11.6 Å². The van der Waals surface area contributed by atoms with Crippen molar-refractivity contribution in [1.29, 1.82) is 0 Å². The summed E-state index contributed by atoms with van der Waals surface area (Å²) in [5.41, 5.74) is 3.17. The standard InChI is InChI=1S/C21H20ClN9O/c22-16-5-6-23-19(29-16)9-25-21(32)30-18-7-17(26-12-27-18)24-8-15-11-31-10-14(13-1-2-13)3-4-20(31)28-15/h3-7,10-13H,1-2,8-9H2,(H3,24,25,26,27,30,32). The molecule has 10 nitrogen and oxygen atoms in total. The van der Waals surface area contributed by atoms with Crippen LogP contribution in [-0.2, 0) is 13.1 Å². The predicted octanol–water partition coefficient (Wildman–Crippen LogP) is 3.38. The number of carbonyl (C=O) groups excluding carboxylic acids is 1. The molecule has 4 heterocycles. The van der Waals surface area contributed by atoms with E-state index in [1.165, 1.54) is 30.9 Å². The van der Waals surface area contributed by atoms with E-state index in [1.54, 1.807) is 12.1 Å². The molecule has 1 fully saturated rings. The SMILES string of the molecule is O=C(NCc1nccc(Cl)n1)Nc1cc(NCc2cn3cc(C4CC4)ccc3n2)ncn1. The van der Waals surface area contributed by atoms with Gasteiger partial charge in [-0.3, -0.25) is 5.32 Å². The van der Waals surface area contributed by atoms with Crippen LogP contribution < -0.4 is 16.0 Å². The Morgan fingerprint density at radius 2 is 1.94 bits per heavy atom. The fourth-order valence-corrected chi connectivity index (χ4v) is 3.44. The molecule has 162 valence electrons. The van der Waals surface area contributed by atoms with Crippen LogP contribution in [0.2, 0.25) is 5.15 Å². The molecule has 0 saturated heterocycles. The molecule has 3 N–H and O–H groups in total. The minimum atomic E-state index is -0.440. The molecule has 5 rings (SSSR count). The van der Waals surface area contributed by atoms with Gasteiger partial charge in [0.05, 0.1) is 18.8 Å². The van der Waals surface area contributed by atoms with Crippen molar-refractivity contribution in [3.8, 4) is 0 Å². The third-order valence-electron chi connectivity index (χ3n) is 5.01. The first-order valence-electron chi connectivity index (χ1n) is 10.2. The van der Waals surface area contributed by atoms with Crippen molar-refractivity contribution >= 4 is 34.9 Å². The lowest BCUT2D eigenvalue weighted by Gasteiger charge is -2.08. The first-order valence-corrected chi connectivity index (χ1v) is 10.6. The van der Waals surface area contributed by atoms with E-state index in [2.05, 4.69) is 63.6 Å². The van der Waals surface area contributed by atoms with Crippen molar-refractivity contribution < 1.29 is 4.79 Å². The van der Waals surface area contributed by atoms with Crippen LogP contribution in [0.4, 0.5) is 16.4 Å². The number of rotatable bonds is 7. The number of hydrogen-bond donors (Lipinski definition) is 3. The molecule has 0 radical (unpaired) electrons. The van der Waals surface area contributed by atoms with Crippen molar-refractivity contribution in [3.63, 3.8) is 0 Å². The van der Waals surface area contributed by atoms with Gasteiger partial charge in [0, 0.05) is 24.7 Å². The number of nitrogens with one attached hydrogen (secondary N) is 3. The largest absolute Gasteiger partial charge is 0.364 e. The van der Waals surface area contributed by atoms with Gasteiger partial charge in [0.15, 0.2) is 0 Å². The van der Waals surface area contributed by atoms with E-state index >= 15 is 0 Å². The van der Waals surface area contributed by atoms with Crippen molar-refractivity contribution in [2.75, 3.05) is 10.6 Å². The van der Waals surface area contributed by atoms with Crippen LogP contribution in [0.25, 0.3) is 5.65 Å². The summed E-state index contributed by atoms with van der Waals surface area (Å²) >= 11 is 5.82. The molecule has 11 heteroatoms. The number of hydrogen-bond acceptors (Lipinski definition) is 7. The number of imidazole rings is 1. The molecule has 0 spiro atoms. The highest BCUT2D eigenvalue weighted by molar-refractivity contribution is 6.29. The minimum absolute atomic E-state index is 0.138. The quantitative estimate of drug-likeness (QED) is 0.369. The minimum Gasteiger partial charge on any atom is -0.364 e. The molecule has 4 aromatic heterocycles. The molecule has 0 aliphatic heterocycles. The Morgan fingerprint density at radius 1 is 1.06 bits per heavy atom. The van der Waals surface area contributed by atoms with Gasteiger partial charge in [-0.15, -0.1) is 0 Å². The van der Waals surface area contributed by atoms with Crippen molar-refractivity contribution in [1.82, 2.24) is 34.6 Å². The molecular formula is C21H20ClN9O. The van der Waals surface area contributed by atoms with Gasteiger partial charge in [-0.25, -0.2) is 29.7 Å². The molecule has 2 amide bonds. The maximum absolute atomic E-state index is 12.1. The fraction of sp³-hybridized carbons (Fsp3) is 0.238. The number of halogens is 1. The number of aromatic nitrogens is 6. The van der Waals surface area contributed by atoms with E-state index < -0.39 is 6.03 Å². The first-order chi connectivity index (χ1) is 15.6. The highest BCUT2D eigenvalue weighted by Crippen LogP contribution is 2.39. The first kappa shape index (κ1) is 20.1. The normalized spacial score (nSPS) is 13.2. The Balaban J connectivity index is 1.17. The third-order valence-corrected chi connectivity index (χ3v) is 5.22. The van der Waals surface area contributed by atoms with Gasteiger partial charge < -0.3 is 15.0 Å². The molecule has 0 unspecified atom stereocenters. The zero-order valence-corrected chi connectivity index (χ0v) is 17.8. The maximum Gasteiger partial charge on any atom is 0.320 e. The monoisotopic (exact) mass is 449 g/mol. The van der Waals surface area contributed by atoms with Gasteiger partial charge in [0.25, 0.3) is 0 Å². The Bertz CT molecular complexity index is 1270. The summed E-state index contributed by atoms with van der Waals surface area (Å²) in [5.74, 6) is 2.04.